The molecule has 0 heterocycles. The van der Waals surface area contributed by atoms with Gasteiger partial charge in [-0.1, -0.05) is 19.3 Å². The molecule has 0 spiro atoms. The van der Waals surface area contributed by atoms with Crippen molar-refractivity contribution < 1.29 is 14.7 Å². The molecule has 0 atom stereocenters. The van der Waals surface area contributed by atoms with E-state index in [1.165, 1.54) is 12.6 Å². The first-order valence-electron chi connectivity index (χ1n) is 6.39. The second kappa shape index (κ2) is 7.41. The Bertz CT molecular complexity index is 406. The molecule has 0 radical (unpaired) electrons. The molecular weight excluding hydrogens is 246 g/mol. The van der Waals surface area contributed by atoms with E-state index in [0.29, 0.717) is 0 Å². The summed E-state index contributed by atoms with van der Waals surface area (Å²) in [4.78, 5) is 24.0. The van der Waals surface area contributed by atoms with E-state index >= 15 is 0 Å². The molecule has 0 aromatic carbocycles. The normalized spacial score (nSPS) is 16.5. The Hall–Kier alpha value is -2.03. The number of hydrogen-bond acceptors (Lipinski definition) is 4. The van der Waals surface area contributed by atoms with Crippen LogP contribution in [0.25, 0.3) is 0 Å². The van der Waals surface area contributed by atoms with Crippen LogP contribution in [0.4, 0.5) is 0 Å². The molecule has 2 N–H and O–H groups in total. The van der Waals surface area contributed by atoms with Crippen molar-refractivity contribution in [2.24, 2.45) is 0 Å². The van der Waals surface area contributed by atoms with Gasteiger partial charge in [0.25, 0.3) is 5.91 Å². The molecule has 1 aliphatic carbocycles. The van der Waals surface area contributed by atoms with Crippen LogP contribution in [0.2, 0.25) is 0 Å². The van der Waals surface area contributed by atoms with E-state index in [1.54, 1.807) is 11.9 Å². The lowest BCUT2D eigenvalue weighted by molar-refractivity contribution is -0.135. The van der Waals surface area contributed by atoms with Crippen molar-refractivity contribution in [1.82, 2.24) is 10.2 Å². The van der Waals surface area contributed by atoms with Gasteiger partial charge in [-0.15, -0.1) is 0 Å². The second-order valence-corrected chi connectivity index (χ2v) is 4.65. The molecule has 1 amide bonds. The predicted octanol–water partition coefficient (Wildman–Crippen LogP) is 0.859. The predicted molar refractivity (Wildman–Crippen MR) is 69.0 cm³/mol. The Balaban J connectivity index is 2.61. The number of carbonyl (C=O) groups is 2. The van der Waals surface area contributed by atoms with Gasteiger partial charge in [0.05, 0.1) is 0 Å². The number of likely N-dealkylation sites (N-methyl/N-ethyl adjacent to an activating group) is 1. The molecule has 104 valence electrons. The van der Waals surface area contributed by atoms with Crippen molar-refractivity contribution in [3.63, 3.8) is 0 Å². The third kappa shape index (κ3) is 4.62. The SMILES string of the molecule is CN(C(=O)/C(C#N)=C\NCC(=O)O)C1CCCCC1. The van der Waals surface area contributed by atoms with E-state index in [4.69, 9.17) is 10.4 Å². The van der Waals surface area contributed by atoms with Crippen LogP contribution in [0.3, 0.4) is 0 Å². The summed E-state index contributed by atoms with van der Waals surface area (Å²) in [5, 5.41) is 19.9. The Morgan fingerprint density at radius 3 is 2.58 bits per heavy atom. The average Bonchev–Trinajstić information content (AvgIpc) is 2.43. The molecule has 19 heavy (non-hydrogen) atoms. The summed E-state index contributed by atoms with van der Waals surface area (Å²) in [6.07, 6.45) is 6.50. The number of aliphatic carboxylic acids is 1. The summed E-state index contributed by atoms with van der Waals surface area (Å²) in [6, 6.07) is 1.99. The highest BCUT2D eigenvalue weighted by Gasteiger charge is 2.24. The van der Waals surface area contributed by atoms with Crippen molar-refractivity contribution in [3.8, 4) is 6.07 Å². The van der Waals surface area contributed by atoms with Gasteiger partial charge in [0.1, 0.15) is 18.2 Å². The maximum atomic E-state index is 12.1. The molecule has 6 heteroatoms. The van der Waals surface area contributed by atoms with Crippen molar-refractivity contribution >= 4 is 11.9 Å². The first-order valence-corrected chi connectivity index (χ1v) is 6.39. The minimum atomic E-state index is -1.04. The third-order valence-corrected chi connectivity index (χ3v) is 3.29. The van der Waals surface area contributed by atoms with Crippen LogP contribution in [0.1, 0.15) is 32.1 Å². The first kappa shape index (κ1) is 15.0. The molecule has 1 rings (SSSR count). The highest BCUT2D eigenvalue weighted by atomic mass is 16.4. The molecule has 0 unspecified atom stereocenters. The van der Waals surface area contributed by atoms with E-state index in [1.807, 2.05) is 6.07 Å². The molecule has 6 nitrogen and oxygen atoms in total. The smallest absolute Gasteiger partial charge is 0.322 e. The van der Waals surface area contributed by atoms with Gasteiger partial charge in [0.15, 0.2) is 0 Å². The number of carbonyl (C=O) groups excluding carboxylic acids is 1. The van der Waals surface area contributed by atoms with Gasteiger partial charge >= 0.3 is 5.97 Å². The zero-order valence-electron chi connectivity index (χ0n) is 11.1. The van der Waals surface area contributed by atoms with Crippen LogP contribution >= 0.6 is 0 Å². The summed E-state index contributed by atoms with van der Waals surface area (Å²) in [6.45, 7) is -0.314. The number of rotatable bonds is 5. The summed E-state index contributed by atoms with van der Waals surface area (Å²) < 4.78 is 0. The number of carboxylic acids is 1. The van der Waals surface area contributed by atoms with Crippen molar-refractivity contribution in [3.05, 3.63) is 11.8 Å². The fraction of sp³-hybridized carbons (Fsp3) is 0.615. The molecule has 1 saturated carbocycles. The van der Waals surface area contributed by atoms with E-state index in [-0.39, 0.29) is 24.1 Å². The minimum Gasteiger partial charge on any atom is -0.480 e. The number of amides is 1. The summed E-state index contributed by atoms with van der Waals surface area (Å²) in [7, 11) is 1.70. The number of nitrogens with one attached hydrogen (secondary N) is 1. The number of hydrogen-bond donors (Lipinski definition) is 2. The highest BCUT2D eigenvalue weighted by molar-refractivity contribution is 5.97. The Labute approximate surface area is 112 Å². The third-order valence-electron chi connectivity index (χ3n) is 3.29. The Morgan fingerprint density at radius 2 is 2.05 bits per heavy atom. The van der Waals surface area contributed by atoms with Crippen LogP contribution in [0, 0.1) is 11.3 Å². The molecule has 0 aromatic heterocycles. The fourth-order valence-electron chi connectivity index (χ4n) is 2.21. The Morgan fingerprint density at radius 1 is 1.42 bits per heavy atom. The highest BCUT2D eigenvalue weighted by Crippen LogP contribution is 2.22. The second-order valence-electron chi connectivity index (χ2n) is 4.65. The molecule has 1 fully saturated rings. The Kier molecular flexibility index (Phi) is 5.86. The lowest BCUT2D eigenvalue weighted by Crippen LogP contribution is -2.39. The van der Waals surface area contributed by atoms with Crippen molar-refractivity contribution in [2.45, 2.75) is 38.1 Å². The van der Waals surface area contributed by atoms with Gasteiger partial charge in [-0.2, -0.15) is 5.26 Å². The number of carboxylic acid groups (broad SMARTS) is 1. The topological polar surface area (TPSA) is 93.4 Å². The monoisotopic (exact) mass is 265 g/mol. The maximum absolute atomic E-state index is 12.1. The van der Waals surface area contributed by atoms with Crippen LogP contribution in [0.15, 0.2) is 11.8 Å². The van der Waals surface area contributed by atoms with Gasteiger partial charge in [0.2, 0.25) is 0 Å². The van der Waals surface area contributed by atoms with E-state index in [0.717, 1.165) is 25.7 Å². The molecule has 0 aliphatic heterocycles. The maximum Gasteiger partial charge on any atom is 0.322 e. The van der Waals surface area contributed by atoms with Crippen LogP contribution in [0.5, 0.6) is 0 Å². The average molecular weight is 265 g/mol. The van der Waals surface area contributed by atoms with Gasteiger partial charge in [-0.25, -0.2) is 0 Å². The zero-order valence-corrected chi connectivity index (χ0v) is 11.1. The molecule has 0 bridgehead atoms. The van der Waals surface area contributed by atoms with Crippen LogP contribution in [-0.4, -0.2) is 41.5 Å². The first-order chi connectivity index (χ1) is 9.06. The molecule has 0 saturated heterocycles. The zero-order chi connectivity index (χ0) is 14.3. The minimum absolute atomic E-state index is 0.0608. The summed E-state index contributed by atoms with van der Waals surface area (Å²) >= 11 is 0. The quantitative estimate of drug-likeness (QED) is 0.568. The lowest BCUT2D eigenvalue weighted by Gasteiger charge is -2.31. The van der Waals surface area contributed by atoms with Crippen molar-refractivity contribution in [2.75, 3.05) is 13.6 Å². The lowest BCUT2D eigenvalue weighted by atomic mass is 9.94. The van der Waals surface area contributed by atoms with E-state index in [2.05, 4.69) is 5.32 Å². The largest absolute Gasteiger partial charge is 0.480 e. The van der Waals surface area contributed by atoms with Crippen LogP contribution < -0.4 is 5.32 Å². The molecular formula is C13H19N3O3. The van der Waals surface area contributed by atoms with Gasteiger partial charge < -0.3 is 15.3 Å². The van der Waals surface area contributed by atoms with E-state index in [9.17, 15) is 9.59 Å². The molecule has 0 aromatic rings. The van der Waals surface area contributed by atoms with Gasteiger partial charge in [-0.05, 0) is 12.8 Å². The van der Waals surface area contributed by atoms with Crippen molar-refractivity contribution in [1.29, 1.82) is 5.26 Å². The molecule has 1 aliphatic rings. The standard InChI is InChI=1S/C13H19N3O3/c1-16(11-5-3-2-4-6-11)13(19)10(7-14)8-15-9-12(17)18/h8,11,15H,2-6,9H2,1H3,(H,17,18)/b10-8-. The number of nitrogens with zero attached hydrogens (tertiary/aromatic N) is 2. The van der Waals surface area contributed by atoms with E-state index < -0.39 is 5.97 Å². The summed E-state index contributed by atoms with van der Waals surface area (Å²) in [5.41, 5.74) is -0.0608. The van der Waals surface area contributed by atoms with Gasteiger partial charge in [-0.3, -0.25) is 9.59 Å². The fourth-order valence-corrected chi connectivity index (χ4v) is 2.21. The van der Waals surface area contributed by atoms with Crippen LogP contribution in [-0.2, 0) is 9.59 Å². The van der Waals surface area contributed by atoms with Gasteiger partial charge in [0, 0.05) is 19.3 Å². The summed E-state index contributed by atoms with van der Waals surface area (Å²) in [5.74, 6) is -1.39. The number of nitriles is 1.